The molecule has 2 rings (SSSR count). The second-order valence-electron chi connectivity index (χ2n) is 4.31. The van der Waals surface area contributed by atoms with Gasteiger partial charge in [0.1, 0.15) is 0 Å². The van der Waals surface area contributed by atoms with E-state index in [9.17, 15) is 0 Å². The molecule has 0 aliphatic carbocycles. The molecule has 1 aliphatic rings. The summed E-state index contributed by atoms with van der Waals surface area (Å²) in [4.78, 5) is 3.88. The van der Waals surface area contributed by atoms with E-state index in [4.69, 9.17) is 11.6 Å². The molecule has 0 spiro atoms. The molecular formula is C12H19ClN2S. The van der Waals surface area contributed by atoms with E-state index in [-0.39, 0.29) is 0 Å². The van der Waals surface area contributed by atoms with Crippen molar-refractivity contribution in [2.45, 2.75) is 25.8 Å². The first-order chi connectivity index (χ1) is 7.84. The molecule has 2 nitrogen and oxygen atoms in total. The average Bonchev–Trinajstić information content (AvgIpc) is 2.89. The quantitative estimate of drug-likeness (QED) is 0.790. The van der Waals surface area contributed by atoms with E-state index in [1.54, 1.807) is 11.3 Å². The van der Waals surface area contributed by atoms with E-state index < -0.39 is 0 Å². The van der Waals surface area contributed by atoms with Gasteiger partial charge in [0, 0.05) is 16.8 Å². The van der Waals surface area contributed by atoms with Gasteiger partial charge in [0.25, 0.3) is 0 Å². The number of nitrogens with one attached hydrogen (secondary N) is 1. The maximum Gasteiger partial charge on any atom is 0.0516 e. The van der Waals surface area contributed by atoms with E-state index in [2.05, 4.69) is 10.2 Å². The summed E-state index contributed by atoms with van der Waals surface area (Å²) in [6.07, 6.45) is 4.03. The summed E-state index contributed by atoms with van der Waals surface area (Å²) in [5, 5.41) is 6.31. The third-order valence-electron chi connectivity index (χ3n) is 2.95. The third kappa shape index (κ3) is 4.06. The maximum absolute atomic E-state index is 5.86. The normalized spacial score (nSPS) is 17.1. The Morgan fingerprint density at radius 2 is 2.19 bits per heavy atom. The zero-order valence-electron chi connectivity index (χ0n) is 9.54. The minimum Gasteiger partial charge on any atom is -0.312 e. The molecule has 4 heteroatoms. The van der Waals surface area contributed by atoms with Gasteiger partial charge in [-0.15, -0.1) is 11.3 Å². The van der Waals surface area contributed by atoms with Gasteiger partial charge in [-0.2, -0.15) is 0 Å². The van der Waals surface area contributed by atoms with Gasteiger partial charge >= 0.3 is 0 Å². The second kappa shape index (κ2) is 6.60. The highest BCUT2D eigenvalue weighted by Gasteiger charge is 2.09. The molecule has 0 bridgehead atoms. The van der Waals surface area contributed by atoms with Crippen LogP contribution in [0.3, 0.4) is 0 Å². The smallest absolute Gasteiger partial charge is 0.0516 e. The molecule has 0 amide bonds. The molecule has 2 heterocycles. The summed E-state index contributed by atoms with van der Waals surface area (Å²) in [5.41, 5.74) is 0. The number of rotatable bonds is 6. The van der Waals surface area contributed by atoms with Crippen LogP contribution in [0.4, 0.5) is 0 Å². The van der Waals surface area contributed by atoms with E-state index in [0.717, 1.165) is 18.1 Å². The first-order valence-corrected chi connectivity index (χ1v) is 7.26. The molecule has 0 atom stereocenters. The highest BCUT2D eigenvalue weighted by Crippen LogP contribution is 2.18. The van der Waals surface area contributed by atoms with Crippen LogP contribution >= 0.6 is 22.9 Å². The summed E-state index contributed by atoms with van der Waals surface area (Å²) >= 11 is 7.59. The maximum atomic E-state index is 5.86. The lowest BCUT2D eigenvalue weighted by Gasteiger charge is -2.13. The fourth-order valence-electron chi connectivity index (χ4n) is 2.09. The van der Waals surface area contributed by atoms with Crippen LogP contribution in [0, 0.1) is 0 Å². The fourth-order valence-corrected chi connectivity index (χ4v) is 3.13. The molecule has 1 N–H and O–H groups in total. The van der Waals surface area contributed by atoms with Crippen LogP contribution in [0.5, 0.6) is 0 Å². The number of likely N-dealkylation sites (tertiary alicyclic amines) is 1. The van der Waals surface area contributed by atoms with Gasteiger partial charge in [-0.1, -0.05) is 11.6 Å². The standard InChI is InChI=1S/C12H19ClN2S/c13-11-8-12(16-10-11)9-14-4-3-7-15-5-1-2-6-15/h8,10,14H,1-7,9H2. The van der Waals surface area contributed by atoms with Crippen molar-refractivity contribution in [1.29, 1.82) is 0 Å². The molecule has 1 aromatic rings. The molecule has 0 aromatic carbocycles. The Balaban J connectivity index is 1.51. The molecule has 0 saturated carbocycles. The number of hydrogen-bond acceptors (Lipinski definition) is 3. The van der Waals surface area contributed by atoms with Gasteiger partial charge in [0.2, 0.25) is 0 Å². The molecule has 90 valence electrons. The highest BCUT2D eigenvalue weighted by molar-refractivity contribution is 7.10. The molecule has 1 fully saturated rings. The van der Waals surface area contributed by atoms with Crippen molar-refractivity contribution in [1.82, 2.24) is 10.2 Å². The van der Waals surface area contributed by atoms with Crippen molar-refractivity contribution in [3.63, 3.8) is 0 Å². The monoisotopic (exact) mass is 258 g/mol. The summed E-state index contributed by atoms with van der Waals surface area (Å²) in [6, 6.07) is 2.04. The molecule has 0 radical (unpaired) electrons. The van der Waals surface area contributed by atoms with Crippen LogP contribution in [0.15, 0.2) is 11.4 Å². The van der Waals surface area contributed by atoms with Crippen LogP contribution in [-0.4, -0.2) is 31.1 Å². The second-order valence-corrected chi connectivity index (χ2v) is 5.74. The van der Waals surface area contributed by atoms with E-state index in [1.807, 2.05) is 11.4 Å². The zero-order valence-corrected chi connectivity index (χ0v) is 11.1. The first-order valence-electron chi connectivity index (χ1n) is 6.00. The van der Waals surface area contributed by atoms with Crippen LogP contribution in [-0.2, 0) is 6.54 Å². The molecule has 1 aromatic heterocycles. The molecule has 1 saturated heterocycles. The number of nitrogens with zero attached hydrogens (tertiary/aromatic N) is 1. The Morgan fingerprint density at radius 3 is 2.88 bits per heavy atom. The predicted molar refractivity (Wildman–Crippen MR) is 71.3 cm³/mol. The molecular weight excluding hydrogens is 240 g/mol. The van der Waals surface area contributed by atoms with E-state index >= 15 is 0 Å². The van der Waals surface area contributed by atoms with Crippen LogP contribution < -0.4 is 5.32 Å². The Kier molecular flexibility index (Phi) is 5.10. The number of thiophene rings is 1. The highest BCUT2D eigenvalue weighted by atomic mass is 35.5. The van der Waals surface area contributed by atoms with Crippen molar-refractivity contribution in [3.8, 4) is 0 Å². The summed E-state index contributed by atoms with van der Waals surface area (Å²) in [6.45, 7) is 5.92. The molecule has 16 heavy (non-hydrogen) atoms. The average molecular weight is 259 g/mol. The largest absolute Gasteiger partial charge is 0.312 e. The van der Waals surface area contributed by atoms with Crippen molar-refractivity contribution in [2.75, 3.05) is 26.2 Å². The topological polar surface area (TPSA) is 15.3 Å². The van der Waals surface area contributed by atoms with Crippen molar-refractivity contribution < 1.29 is 0 Å². The summed E-state index contributed by atoms with van der Waals surface area (Å²) < 4.78 is 0. The van der Waals surface area contributed by atoms with Gasteiger partial charge in [-0.05, 0) is 51.5 Å². The predicted octanol–water partition coefficient (Wildman–Crippen LogP) is 2.98. The minimum absolute atomic E-state index is 0.860. The van der Waals surface area contributed by atoms with E-state index in [1.165, 1.54) is 43.8 Å². The van der Waals surface area contributed by atoms with Crippen LogP contribution in [0.1, 0.15) is 24.1 Å². The van der Waals surface area contributed by atoms with Gasteiger partial charge < -0.3 is 10.2 Å². The molecule has 1 aliphatic heterocycles. The van der Waals surface area contributed by atoms with Crippen molar-refractivity contribution in [3.05, 3.63) is 21.3 Å². The van der Waals surface area contributed by atoms with E-state index in [0.29, 0.717) is 0 Å². The van der Waals surface area contributed by atoms with Crippen molar-refractivity contribution >= 4 is 22.9 Å². The van der Waals surface area contributed by atoms with Crippen LogP contribution in [0.2, 0.25) is 5.02 Å². The van der Waals surface area contributed by atoms with Crippen LogP contribution in [0.25, 0.3) is 0 Å². The lowest BCUT2D eigenvalue weighted by molar-refractivity contribution is 0.331. The van der Waals surface area contributed by atoms with Gasteiger partial charge in [-0.25, -0.2) is 0 Å². The lowest BCUT2D eigenvalue weighted by atomic mass is 10.3. The van der Waals surface area contributed by atoms with Gasteiger partial charge in [0.15, 0.2) is 0 Å². The Hall–Kier alpha value is -0.0900. The Labute approximate surface area is 107 Å². The van der Waals surface area contributed by atoms with Gasteiger partial charge in [-0.3, -0.25) is 0 Å². The van der Waals surface area contributed by atoms with Crippen molar-refractivity contribution in [2.24, 2.45) is 0 Å². The Bertz CT molecular complexity index is 308. The Morgan fingerprint density at radius 1 is 1.38 bits per heavy atom. The number of halogens is 1. The number of hydrogen-bond donors (Lipinski definition) is 1. The third-order valence-corrected chi connectivity index (χ3v) is 4.23. The summed E-state index contributed by atoms with van der Waals surface area (Å²) in [5.74, 6) is 0. The zero-order chi connectivity index (χ0) is 11.2. The summed E-state index contributed by atoms with van der Waals surface area (Å²) in [7, 11) is 0. The minimum atomic E-state index is 0.860. The fraction of sp³-hybridized carbons (Fsp3) is 0.667. The lowest BCUT2D eigenvalue weighted by Crippen LogP contribution is -2.24. The SMILES string of the molecule is Clc1csc(CNCCCN2CCCC2)c1. The first kappa shape index (κ1) is 12.4. The molecule has 0 unspecified atom stereocenters. The van der Waals surface area contributed by atoms with Gasteiger partial charge in [0.05, 0.1) is 5.02 Å².